The zero-order valence-electron chi connectivity index (χ0n) is 16.4. The van der Waals surface area contributed by atoms with Gasteiger partial charge in [-0.05, 0) is 13.0 Å². The number of pyridine rings is 1. The Balaban J connectivity index is 1.70. The van der Waals surface area contributed by atoms with Gasteiger partial charge in [-0.15, -0.1) is 0 Å². The van der Waals surface area contributed by atoms with Crippen LogP contribution in [0.15, 0.2) is 36.8 Å². The Bertz CT molecular complexity index is 1220. The van der Waals surface area contributed by atoms with Crippen LogP contribution in [0.1, 0.15) is 16.1 Å². The predicted molar refractivity (Wildman–Crippen MR) is 111 cm³/mol. The summed E-state index contributed by atoms with van der Waals surface area (Å²) < 4.78 is 22.8. The monoisotopic (exact) mass is 392 g/mol. The number of carbonyl (C=O) groups excluding carboxylic acids is 1. The third kappa shape index (κ3) is 3.61. The van der Waals surface area contributed by atoms with Crippen LogP contribution in [0.25, 0.3) is 16.6 Å². The number of hydrogen-bond acceptors (Lipinski definition) is 4. The molecule has 4 rings (SSSR count). The second-order valence-electron chi connectivity index (χ2n) is 6.78. The molecule has 0 unspecified atom stereocenters. The van der Waals surface area contributed by atoms with Gasteiger partial charge >= 0.3 is 0 Å². The van der Waals surface area contributed by atoms with Gasteiger partial charge < -0.3 is 14.5 Å². The molecule has 0 aliphatic rings. The highest BCUT2D eigenvalue weighted by Gasteiger charge is 2.17. The highest BCUT2D eigenvalue weighted by Crippen LogP contribution is 2.20. The van der Waals surface area contributed by atoms with Gasteiger partial charge in [-0.1, -0.05) is 18.4 Å². The van der Waals surface area contributed by atoms with E-state index in [9.17, 15) is 9.18 Å². The molecule has 147 valence electrons. The van der Waals surface area contributed by atoms with Crippen molar-refractivity contribution in [2.45, 2.75) is 20.3 Å². The standard InChI is InChI=1S/C20H20BFN5O2/c1-12-9-26-10-13(8-17(22)19(26)23-12)24-20(28)14-4-5-16(21-2)15-11-27(6-7-29-3)25-18(14)15/h4-5,8-11H,6-7H2,1-3H3,(H,24,28). The molecule has 1 radical (unpaired) electrons. The van der Waals surface area contributed by atoms with Crippen molar-refractivity contribution in [1.29, 1.82) is 0 Å². The van der Waals surface area contributed by atoms with E-state index in [4.69, 9.17) is 4.74 Å². The van der Waals surface area contributed by atoms with E-state index in [0.717, 1.165) is 10.8 Å². The van der Waals surface area contributed by atoms with Gasteiger partial charge in [0.2, 0.25) is 0 Å². The maximum absolute atomic E-state index is 14.3. The number of imidazole rings is 1. The van der Waals surface area contributed by atoms with Gasteiger partial charge in [-0.25, -0.2) is 9.37 Å². The first-order valence-electron chi connectivity index (χ1n) is 9.25. The molecule has 0 saturated carbocycles. The van der Waals surface area contributed by atoms with Crippen molar-refractivity contribution in [3.05, 3.63) is 53.9 Å². The number of benzene rings is 1. The maximum Gasteiger partial charge on any atom is 0.257 e. The van der Waals surface area contributed by atoms with Crippen LogP contribution in [-0.2, 0) is 11.3 Å². The van der Waals surface area contributed by atoms with Crippen molar-refractivity contribution >= 4 is 40.9 Å². The molecular weight excluding hydrogens is 372 g/mol. The minimum Gasteiger partial charge on any atom is -0.383 e. The fourth-order valence-corrected chi connectivity index (χ4v) is 3.35. The van der Waals surface area contributed by atoms with Gasteiger partial charge in [-0.2, -0.15) is 5.10 Å². The minimum absolute atomic E-state index is 0.225. The first-order chi connectivity index (χ1) is 14.0. The first-order valence-corrected chi connectivity index (χ1v) is 9.25. The molecule has 1 N–H and O–H groups in total. The van der Waals surface area contributed by atoms with Crippen LogP contribution >= 0.6 is 0 Å². The Kier molecular flexibility index (Phi) is 5.06. The van der Waals surface area contributed by atoms with Gasteiger partial charge in [0.15, 0.2) is 11.5 Å². The van der Waals surface area contributed by atoms with Crippen LogP contribution in [0, 0.1) is 12.7 Å². The molecule has 1 aromatic carbocycles. The van der Waals surface area contributed by atoms with Crippen LogP contribution in [-0.4, -0.2) is 46.1 Å². The third-order valence-corrected chi connectivity index (χ3v) is 4.72. The lowest BCUT2D eigenvalue weighted by atomic mass is 9.71. The smallest absolute Gasteiger partial charge is 0.257 e. The van der Waals surface area contributed by atoms with E-state index in [-0.39, 0.29) is 11.6 Å². The number of aryl methyl sites for hydroxylation is 1. The summed E-state index contributed by atoms with van der Waals surface area (Å²) in [6, 6.07) is 4.88. The van der Waals surface area contributed by atoms with E-state index < -0.39 is 5.82 Å². The van der Waals surface area contributed by atoms with Crippen molar-refractivity contribution in [3.8, 4) is 0 Å². The number of nitrogens with one attached hydrogen (secondary N) is 1. The number of halogens is 1. The number of methoxy groups -OCH3 is 1. The molecule has 9 heteroatoms. The molecule has 4 aromatic rings. The van der Waals surface area contributed by atoms with Crippen molar-refractivity contribution in [1.82, 2.24) is 19.2 Å². The summed E-state index contributed by atoms with van der Waals surface area (Å²) in [6.07, 6.45) is 5.25. The Morgan fingerprint density at radius 2 is 2.14 bits per heavy atom. The first kappa shape index (κ1) is 19.1. The number of rotatable bonds is 6. The molecule has 1 amide bonds. The van der Waals surface area contributed by atoms with Gasteiger partial charge in [0.05, 0.1) is 30.1 Å². The molecule has 0 saturated heterocycles. The number of amides is 1. The van der Waals surface area contributed by atoms with E-state index in [0.29, 0.717) is 35.6 Å². The van der Waals surface area contributed by atoms with Crippen LogP contribution in [0.5, 0.6) is 0 Å². The Morgan fingerprint density at radius 1 is 1.31 bits per heavy atom. The normalized spacial score (nSPS) is 11.3. The van der Waals surface area contributed by atoms with Crippen molar-refractivity contribution in [3.63, 3.8) is 0 Å². The molecule has 3 heterocycles. The molecule has 29 heavy (non-hydrogen) atoms. The summed E-state index contributed by atoms with van der Waals surface area (Å²) in [5.74, 6) is -0.856. The molecule has 0 spiro atoms. The number of aromatic nitrogens is 4. The number of nitrogens with zero attached hydrogens (tertiary/aromatic N) is 4. The lowest BCUT2D eigenvalue weighted by molar-refractivity contribution is 0.102. The Labute approximate surface area is 167 Å². The molecule has 0 fully saturated rings. The third-order valence-electron chi connectivity index (χ3n) is 4.72. The largest absolute Gasteiger partial charge is 0.383 e. The lowest BCUT2D eigenvalue weighted by Crippen LogP contribution is -2.17. The number of ether oxygens (including phenoxy) is 1. The quantitative estimate of drug-likeness (QED) is 0.512. The van der Waals surface area contributed by atoms with E-state index in [1.165, 1.54) is 6.07 Å². The Morgan fingerprint density at radius 3 is 2.90 bits per heavy atom. The number of anilines is 1. The summed E-state index contributed by atoms with van der Waals surface area (Å²) in [5, 5.41) is 8.21. The molecule has 0 aliphatic heterocycles. The highest BCUT2D eigenvalue weighted by molar-refractivity contribution is 6.56. The predicted octanol–water partition coefficient (Wildman–Crippen LogP) is 2.41. The topological polar surface area (TPSA) is 73.5 Å². The minimum atomic E-state index is -0.499. The zero-order valence-corrected chi connectivity index (χ0v) is 16.4. The van der Waals surface area contributed by atoms with Gasteiger partial charge in [0, 0.05) is 37.2 Å². The maximum atomic E-state index is 14.3. The molecule has 7 nitrogen and oxygen atoms in total. The number of fused-ring (bicyclic) bond motifs is 2. The lowest BCUT2D eigenvalue weighted by Gasteiger charge is -2.08. The number of carbonyl (C=O) groups is 1. The molecule has 0 aliphatic carbocycles. The second kappa shape index (κ2) is 7.67. The van der Waals surface area contributed by atoms with Gasteiger partial charge in [0.1, 0.15) is 12.8 Å². The average molecular weight is 392 g/mol. The van der Waals surface area contributed by atoms with Crippen molar-refractivity contribution in [2.24, 2.45) is 0 Å². The van der Waals surface area contributed by atoms with E-state index in [1.807, 2.05) is 26.4 Å². The average Bonchev–Trinajstić information content (AvgIpc) is 3.28. The van der Waals surface area contributed by atoms with Crippen molar-refractivity contribution in [2.75, 3.05) is 19.0 Å². The van der Waals surface area contributed by atoms with Crippen molar-refractivity contribution < 1.29 is 13.9 Å². The molecule has 0 bridgehead atoms. The molecular formula is C20H20BFN5O2. The SMILES string of the molecule is C[B]c1ccc(C(=O)Nc2cc(F)c3nc(C)cn3c2)c2nn(CCOC)cc12. The van der Waals surface area contributed by atoms with E-state index in [2.05, 4.69) is 15.4 Å². The van der Waals surface area contributed by atoms with Crippen LogP contribution in [0.4, 0.5) is 10.1 Å². The fourth-order valence-electron chi connectivity index (χ4n) is 3.35. The molecule has 0 atom stereocenters. The Hall–Kier alpha value is -3.20. The van der Waals surface area contributed by atoms with Gasteiger partial charge in [-0.3, -0.25) is 9.48 Å². The number of hydrogen-bond donors (Lipinski definition) is 1. The van der Waals surface area contributed by atoms with E-state index in [1.54, 1.807) is 41.6 Å². The summed E-state index contributed by atoms with van der Waals surface area (Å²) in [6.45, 7) is 4.82. The van der Waals surface area contributed by atoms with Crippen LogP contribution in [0.3, 0.4) is 0 Å². The van der Waals surface area contributed by atoms with Crippen LogP contribution in [0.2, 0.25) is 6.82 Å². The zero-order chi connectivity index (χ0) is 20.5. The second-order valence-corrected chi connectivity index (χ2v) is 6.78. The molecule has 3 aromatic heterocycles. The van der Waals surface area contributed by atoms with Crippen LogP contribution < -0.4 is 10.8 Å². The fraction of sp³-hybridized carbons (Fsp3) is 0.250. The summed E-state index contributed by atoms with van der Waals surface area (Å²) in [5.41, 5.74) is 3.26. The highest BCUT2D eigenvalue weighted by atomic mass is 19.1. The summed E-state index contributed by atoms with van der Waals surface area (Å²) in [7, 11) is 3.60. The summed E-state index contributed by atoms with van der Waals surface area (Å²) in [4.78, 5) is 17.1. The van der Waals surface area contributed by atoms with Gasteiger partial charge in [0.25, 0.3) is 5.91 Å². The van der Waals surface area contributed by atoms with E-state index >= 15 is 0 Å². The summed E-state index contributed by atoms with van der Waals surface area (Å²) >= 11 is 0.